The number of nitrogens with one attached hydrogen (secondary N) is 3. The zero-order chi connectivity index (χ0) is 38.3. The van der Waals surface area contributed by atoms with Crippen LogP contribution in [-0.4, -0.2) is 103 Å². The molecular weight excluding hydrogens is 856 g/mol. The number of anilines is 2. The van der Waals surface area contributed by atoms with Crippen LogP contribution in [0.1, 0.15) is 48.4 Å². The molecule has 2 fully saturated rings. The van der Waals surface area contributed by atoms with E-state index in [1.54, 1.807) is 15.2 Å². The van der Waals surface area contributed by atoms with Crippen LogP contribution >= 0.6 is 42.5 Å². The maximum Gasteiger partial charge on any atom is 0.252 e. The second-order valence-corrected chi connectivity index (χ2v) is 20.7. The van der Waals surface area contributed by atoms with Gasteiger partial charge in [-0.3, -0.25) is 9.59 Å². The molecule has 51 heavy (non-hydrogen) atoms. The summed E-state index contributed by atoms with van der Waals surface area (Å²) < 4.78 is 49.2. The van der Waals surface area contributed by atoms with Gasteiger partial charge in [0.1, 0.15) is 0 Å². The van der Waals surface area contributed by atoms with Gasteiger partial charge in [0, 0.05) is 70.3 Å². The summed E-state index contributed by atoms with van der Waals surface area (Å²) in [6.07, 6.45) is 8.68. The molecule has 0 aliphatic carbocycles. The molecule has 4 aromatic rings. The molecule has 0 saturated carbocycles. The number of nitrogens with zero attached hydrogens (tertiary/aromatic N) is 5. The second kappa shape index (κ2) is 15.2. The summed E-state index contributed by atoms with van der Waals surface area (Å²) in [5, 5.41) is 18.6. The predicted octanol–water partition coefficient (Wildman–Crippen LogP) is 3.07. The van der Waals surface area contributed by atoms with Crippen molar-refractivity contribution in [1.82, 2.24) is 28.9 Å². The molecule has 6 heterocycles. The van der Waals surface area contributed by atoms with Gasteiger partial charge >= 0.3 is 0 Å². The Labute approximate surface area is 317 Å². The minimum absolute atomic E-state index is 0.0962. The standard InChI is InChI=1S/C15H20BrN5O3S.C14H18BrN5O.CH3ClO2S/c1-15(2)8-20(25(3,23)24)7-12(15)19-13-10(14(17)22)5-18-21-6-9(16)4-11(13)21;1-14(2)7-17-5-11(14)19-12-9(13(16)21)4-18-20-6-8(15)3-10(12)20;1-5(2,3)4/h4-6,12,19H,7-8H2,1-3H3,(H2,17,22);3-4,6,11,17,19H,5,7H2,1-2H3,(H2,16,21);1H3. The predicted molar refractivity (Wildman–Crippen MR) is 205 cm³/mol. The van der Waals surface area contributed by atoms with Crippen molar-refractivity contribution in [2.75, 3.05) is 49.3 Å². The van der Waals surface area contributed by atoms with Crippen molar-refractivity contribution in [3.05, 3.63) is 57.0 Å². The third-order valence-electron chi connectivity index (χ3n) is 8.63. The van der Waals surface area contributed by atoms with Crippen LogP contribution in [-0.2, 0) is 19.1 Å². The number of sulfonamides is 1. The van der Waals surface area contributed by atoms with Crippen molar-refractivity contribution in [3.8, 4) is 0 Å². The summed E-state index contributed by atoms with van der Waals surface area (Å²) in [6, 6.07) is 3.80. The second-order valence-electron chi connectivity index (χ2n) is 13.8. The van der Waals surface area contributed by atoms with E-state index in [1.165, 1.54) is 23.0 Å². The lowest BCUT2D eigenvalue weighted by molar-refractivity contribution is 0.0992. The van der Waals surface area contributed by atoms with E-state index >= 15 is 0 Å². The van der Waals surface area contributed by atoms with Crippen molar-refractivity contribution in [3.63, 3.8) is 0 Å². The van der Waals surface area contributed by atoms with E-state index in [0.29, 0.717) is 29.9 Å². The van der Waals surface area contributed by atoms with Crippen LogP contribution < -0.4 is 27.4 Å². The largest absolute Gasteiger partial charge is 0.378 e. The highest BCUT2D eigenvalue weighted by Crippen LogP contribution is 2.36. The highest BCUT2D eigenvalue weighted by atomic mass is 79.9. The molecule has 0 aromatic carbocycles. The Morgan fingerprint density at radius 1 is 0.863 bits per heavy atom. The number of amides is 2. The summed E-state index contributed by atoms with van der Waals surface area (Å²) in [5.41, 5.74) is 14.3. The fourth-order valence-electron chi connectivity index (χ4n) is 5.83. The summed E-state index contributed by atoms with van der Waals surface area (Å²) in [5.74, 6) is -1.07. The molecule has 2 unspecified atom stereocenters. The first-order valence-corrected chi connectivity index (χ1v) is 21.5. The Hall–Kier alpha value is -3.01. The first-order chi connectivity index (χ1) is 23.4. The molecule has 16 nitrogen and oxygen atoms in total. The van der Waals surface area contributed by atoms with Crippen molar-refractivity contribution in [2.24, 2.45) is 22.3 Å². The smallest absolute Gasteiger partial charge is 0.252 e. The lowest BCUT2D eigenvalue weighted by Crippen LogP contribution is -2.35. The minimum atomic E-state index is -3.29. The number of rotatable bonds is 7. The number of primary amides is 2. The average Bonchev–Trinajstić information content (AvgIpc) is 3.71. The van der Waals surface area contributed by atoms with E-state index in [4.69, 9.17) is 11.5 Å². The zero-order valence-corrected chi connectivity index (χ0v) is 34.3. The van der Waals surface area contributed by atoms with Gasteiger partial charge in [-0.2, -0.15) is 14.5 Å². The van der Waals surface area contributed by atoms with Crippen LogP contribution in [0.4, 0.5) is 11.4 Å². The molecule has 0 spiro atoms. The third-order valence-corrected chi connectivity index (χ3v) is 10.7. The number of fused-ring (bicyclic) bond motifs is 2. The van der Waals surface area contributed by atoms with Crippen LogP contribution in [0.2, 0.25) is 0 Å². The lowest BCUT2D eigenvalue weighted by atomic mass is 9.87. The number of nitrogens with two attached hydrogens (primary N) is 2. The van der Waals surface area contributed by atoms with Crippen molar-refractivity contribution < 1.29 is 26.4 Å². The topological polar surface area (TPSA) is 228 Å². The fourth-order valence-corrected chi connectivity index (χ4v) is 7.64. The Kier molecular flexibility index (Phi) is 12.1. The quantitative estimate of drug-likeness (QED) is 0.170. The monoisotopic (exact) mass is 894 g/mol. The van der Waals surface area contributed by atoms with Crippen LogP contribution in [0.5, 0.6) is 0 Å². The maximum atomic E-state index is 11.9. The molecular formula is C30H41Br2ClN10O6S2. The summed E-state index contributed by atoms with van der Waals surface area (Å²) in [6.45, 7) is 10.9. The van der Waals surface area contributed by atoms with Gasteiger partial charge in [0.05, 0.1) is 58.4 Å². The fraction of sp³-hybridized carbons (Fsp3) is 0.467. The first kappa shape index (κ1) is 40.8. The van der Waals surface area contributed by atoms with Gasteiger partial charge in [0.15, 0.2) is 0 Å². The average molecular weight is 897 g/mol. The van der Waals surface area contributed by atoms with Crippen LogP contribution in [0, 0.1) is 10.8 Å². The molecule has 0 bridgehead atoms. The number of hydrogen-bond donors (Lipinski definition) is 5. The number of carbonyl (C=O) groups is 2. The highest BCUT2D eigenvalue weighted by molar-refractivity contribution is 9.10. The van der Waals surface area contributed by atoms with E-state index in [0.717, 1.165) is 39.5 Å². The van der Waals surface area contributed by atoms with E-state index < -0.39 is 30.9 Å². The van der Waals surface area contributed by atoms with E-state index in [9.17, 15) is 26.4 Å². The zero-order valence-electron chi connectivity index (χ0n) is 28.7. The van der Waals surface area contributed by atoms with Crippen molar-refractivity contribution in [2.45, 2.75) is 39.8 Å². The van der Waals surface area contributed by atoms with E-state index in [2.05, 4.69) is 82.5 Å². The van der Waals surface area contributed by atoms with Gasteiger partial charge < -0.3 is 27.4 Å². The Balaban J connectivity index is 0.000000204. The minimum Gasteiger partial charge on any atom is -0.378 e. The number of aromatic nitrogens is 4. The van der Waals surface area contributed by atoms with Gasteiger partial charge in [0.25, 0.3) is 11.8 Å². The van der Waals surface area contributed by atoms with Crippen LogP contribution in [0.15, 0.2) is 45.9 Å². The molecule has 2 saturated heterocycles. The summed E-state index contributed by atoms with van der Waals surface area (Å²) >= 11 is 6.84. The maximum absolute atomic E-state index is 11.9. The summed E-state index contributed by atoms with van der Waals surface area (Å²) in [7, 11) is -1.98. The number of hydrogen-bond acceptors (Lipinski definition) is 11. The third kappa shape index (κ3) is 10.1. The molecule has 2 atom stereocenters. The molecule has 2 amide bonds. The molecule has 2 aliphatic heterocycles. The lowest BCUT2D eigenvalue weighted by Gasteiger charge is -2.28. The molecule has 4 aromatic heterocycles. The molecule has 21 heteroatoms. The van der Waals surface area contributed by atoms with Crippen LogP contribution in [0.3, 0.4) is 0 Å². The van der Waals surface area contributed by atoms with Gasteiger partial charge in [0.2, 0.25) is 19.1 Å². The molecule has 0 radical (unpaired) electrons. The first-order valence-electron chi connectivity index (χ1n) is 15.4. The molecule has 6 rings (SSSR count). The molecule has 7 N–H and O–H groups in total. The molecule has 2 aliphatic rings. The van der Waals surface area contributed by atoms with Crippen LogP contribution in [0.25, 0.3) is 11.0 Å². The van der Waals surface area contributed by atoms with Gasteiger partial charge in [-0.05, 0) is 54.8 Å². The normalized spacial score (nSPS) is 19.9. The Morgan fingerprint density at radius 3 is 1.65 bits per heavy atom. The highest BCUT2D eigenvalue weighted by Gasteiger charge is 2.43. The Bertz CT molecular complexity index is 2180. The van der Waals surface area contributed by atoms with Crippen molar-refractivity contribution >= 4 is 95.8 Å². The number of carbonyl (C=O) groups excluding carboxylic acids is 2. The van der Waals surface area contributed by atoms with Gasteiger partial charge in [-0.1, -0.05) is 27.7 Å². The Morgan fingerprint density at radius 2 is 1.29 bits per heavy atom. The van der Waals surface area contributed by atoms with E-state index in [1.807, 2.05) is 32.2 Å². The molecule has 280 valence electrons. The van der Waals surface area contributed by atoms with Gasteiger partial charge in [-0.15, -0.1) is 0 Å². The van der Waals surface area contributed by atoms with E-state index in [-0.39, 0.29) is 28.5 Å². The number of halogens is 3. The summed E-state index contributed by atoms with van der Waals surface area (Å²) in [4.78, 5) is 23.6. The van der Waals surface area contributed by atoms with Crippen molar-refractivity contribution in [1.29, 1.82) is 0 Å². The SMILES string of the molecule is CC1(C)CN(S(C)(=O)=O)CC1Nc1c(C(N)=O)cnn2cc(Br)cc12.CC1(C)CNCC1Nc1c(C(N)=O)cnn2cc(Br)cc12.CS(=O)(=O)Cl. The van der Waals surface area contributed by atoms with Gasteiger partial charge in [-0.25, -0.2) is 25.9 Å².